The van der Waals surface area contributed by atoms with Crippen molar-refractivity contribution in [3.63, 3.8) is 0 Å². The standard InChI is InChI=1S/C13H18ClN3O2/c1-8(2)10-6-9(7-11(14)17-10)13(19)16-5-3-4-12(15)18/h6-8H,3-5H2,1-2H3,(H2,15,18)(H,16,19). The molecule has 2 amide bonds. The Labute approximate surface area is 117 Å². The summed E-state index contributed by atoms with van der Waals surface area (Å²) in [5, 5.41) is 3.01. The van der Waals surface area contributed by atoms with E-state index < -0.39 is 0 Å². The molecule has 0 aromatic carbocycles. The highest BCUT2D eigenvalue weighted by atomic mass is 35.5. The Hall–Kier alpha value is -1.62. The van der Waals surface area contributed by atoms with Crippen molar-refractivity contribution in [2.75, 3.05) is 6.54 Å². The maximum atomic E-state index is 11.9. The Balaban J connectivity index is 2.64. The molecule has 0 fully saturated rings. The van der Waals surface area contributed by atoms with Crippen molar-refractivity contribution in [2.45, 2.75) is 32.6 Å². The Morgan fingerprint density at radius 2 is 2.11 bits per heavy atom. The average molecular weight is 284 g/mol. The minimum Gasteiger partial charge on any atom is -0.370 e. The Morgan fingerprint density at radius 1 is 1.42 bits per heavy atom. The first-order chi connectivity index (χ1) is 8.90. The van der Waals surface area contributed by atoms with Crippen LogP contribution in [-0.2, 0) is 4.79 Å². The maximum Gasteiger partial charge on any atom is 0.251 e. The molecule has 0 unspecified atom stereocenters. The largest absolute Gasteiger partial charge is 0.370 e. The molecule has 1 aromatic heterocycles. The van der Waals surface area contributed by atoms with Crippen molar-refractivity contribution in [1.82, 2.24) is 10.3 Å². The average Bonchev–Trinajstić information content (AvgIpc) is 2.33. The zero-order valence-electron chi connectivity index (χ0n) is 11.1. The second-order valence-electron chi connectivity index (χ2n) is 4.58. The zero-order chi connectivity index (χ0) is 14.4. The van der Waals surface area contributed by atoms with Gasteiger partial charge in [-0.15, -0.1) is 0 Å². The van der Waals surface area contributed by atoms with Gasteiger partial charge >= 0.3 is 0 Å². The van der Waals surface area contributed by atoms with Gasteiger partial charge in [-0.1, -0.05) is 25.4 Å². The number of nitrogens with two attached hydrogens (primary N) is 1. The number of carbonyl (C=O) groups excluding carboxylic acids is 2. The van der Waals surface area contributed by atoms with Crippen LogP contribution in [0.2, 0.25) is 5.15 Å². The van der Waals surface area contributed by atoms with E-state index in [4.69, 9.17) is 17.3 Å². The summed E-state index contributed by atoms with van der Waals surface area (Å²) < 4.78 is 0. The first-order valence-corrected chi connectivity index (χ1v) is 6.52. The molecule has 0 aliphatic rings. The van der Waals surface area contributed by atoms with E-state index in [1.54, 1.807) is 6.07 Å². The van der Waals surface area contributed by atoms with E-state index >= 15 is 0 Å². The molecule has 19 heavy (non-hydrogen) atoms. The fourth-order valence-electron chi connectivity index (χ4n) is 1.51. The molecule has 5 nitrogen and oxygen atoms in total. The van der Waals surface area contributed by atoms with Crippen LogP contribution in [-0.4, -0.2) is 23.3 Å². The monoisotopic (exact) mass is 283 g/mol. The SMILES string of the molecule is CC(C)c1cc(C(=O)NCCCC(N)=O)cc(Cl)n1. The molecule has 0 saturated heterocycles. The first-order valence-electron chi connectivity index (χ1n) is 6.14. The number of primary amides is 1. The van der Waals surface area contributed by atoms with Gasteiger partial charge in [-0.3, -0.25) is 9.59 Å². The Morgan fingerprint density at radius 3 is 2.68 bits per heavy atom. The van der Waals surface area contributed by atoms with Crippen molar-refractivity contribution in [3.8, 4) is 0 Å². The van der Waals surface area contributed by atoms with Gasteiger partial charge in [0.25, 0.3) is 5.91 Å². The zero-order valence-corrected chi connectivity index (χ0v) is 11.8. The second-order valence-corrected chi connectivity index (χ2v) is 4.97. The molecule has 0 atom stereocenters. The minimum absolute atomic E-state index is 0.195. The molecule has 0 saturated carbocycles. The Kier molecular flexibility index (Phi) is 5.76. The van der Waals surface area contributed by atoms with Gasteiger partial charge in [-0.25, -0.2) is 4.98 Å². The van der Waals surface area contributed by atoms with Crippen LogP contribution in [0.1, 0.15) is 48.7 Å². The predicted molar refractivity (Wildman–Crippen MR) is 74.1 cm³/mol. The lowest BCUT2D eigenvalue weighted by atomic mass is 10.1. The normalized spacial score (nSPS) is 10.5. The van der Waals surface area contributed by atoms with Crippen LogP contribution in [0.25, 0.3) is 0 Å². The number of hydrogen-bond donors (Lipinski definition) is 2. The number of hydrogen-bond acceptors (Lipinski definition) is 3. The minimum atomic E-state index is -0.372. The van der Waals surface area contributed by atoms with Crippen molar-refractivity contribution in [1.29, 1.82) is 0 Å². The molecule has 0 bridgehead atoms. The van der Waals surface area contributed by atoms with Crippen LogP contribution in [0.5, 0.6) is 0 Å². The summed E-state index contributed by atoms with van der Waals surface area (Å²) in [7, 11) is 0. The summed E-state index contributed by atoms with van der Waals surface area (Å²) in [4.78, 5) is 26.6. The molecule has 1 aromatic rings. The van der Waals surface area contributed by atoms with Crippen molar-refractivity contribution >= 4 is 23.4 Å². The van der Waals surface area contributed by atoms with E-state index in [0.717, 1.165) is 5.69 Å². The van der Waals surface area contributed by atoms with Crippen molar-refractivity contribution < 1.29 is 9.59 Å². The first kappa shape index (κ1) is 15.4. The summed E-state index contributed by atoms with van der Waals surface area (Å²) >= 11 is 5.89. The molecule has 104 valence electrons. The third kappa shape index (κ3) is 5.26. The van der Waals surface area contributed by atoms with E-state index in [0.29, 0.717) is 23.7 Å². The van der Waals surface area contributed by atoms with Gasteiger partial charge in [-0.2, -0.15) is 0 Å². The van der Waals surface area contributed by atoms with E-state index in [2.05, 4.69) is 10.3 Å². The molecule has 3 N–H and O–H groups in total. The van der Waals surface area contributed by atoms with Gasteiger partial charge in [0.1, 0.15) is 5.15 Å². The molecule has 0 radical (unpaired) electrons. The van der Waals surface area contributed by atoms with Crippen LogP contribution >= 0.6 is 11.6 Å². The number of halogens is 1. The van der Waals surface area contributed by atoms with Gasteiger partial charge in [0.15, 0.2) is 0 Å². The summed E-state index contributed by atoms with van der Waals surface area (Å²) in [5.74, 6) is -0.404. The van der Waals surface area contributed by atoms with Gasteiger partial charge in [-0.05, 0) is 24.5 Å². The summed E-state index contributed by atoms with van der Waals surface area (Å²) in [6.07, 6.45) is 0.783. The molecular weight excluding hydrogens is 266 g/mol. The van der Waals surface area contributed by atoms with Crippen LogP contribution in [0.15, 0.2) is 12.1 Å². The highest BCUT2D eigenvalue weighted by Gasteiger charge is 2.10. The van der Waals surface area contributed by atoms with Crippen molar-refractivity contribution in [2.24, 2.45) is 5.73 Å². The second kappa shape index (κ2) is 7.09. The van der Waals surface area contributed by atoms with Gasteiger partial charge in [0, 0.05) is 24.2 Å². The Bertz CT molecular complexity index is 475. The fraction of sp³-hybridized carbons (Fsp3) is 0.462. The van der Waals surface area contributed by atoms with E-state index in [1.807, 2.05) is 13.8 Å². The number of amides is 2. The summed E-state index contributed by atoms with van der Waals surface area (Å²) in [5.41, 5.74) is 6.26. The van der Waals surface area contributed by atoms with E-state index in [-0.39, 0.29) is 24.2 Å². The lowest BCUT2D eigenvalue weighted by Gasteiger charge is -2.09. The summed E-state index contributed by atoms with van der Waals surface area (Å²) in [6, 6.07) is 3.25. The third-order valence-corrected chi connectivity index (χ3v) is 2.75. The van der Waals surface area contributed by atoms with E-state index in [1.165, 1.54) is 6.07 Å². The fourth-order valence-corrected chi connectivity index (χ4v) is 1.73. The predicted octanol–water partition coefficient (Wildman–Crippen LogP) is 1.85. The number of pyridine rings is 1. The summed E-state index contributed by atoms with van der Waals surface area (Å²) in [6.45, 7) is 4.36. The molecule has 0 spiro atoms. The highest BCUT2D eigenvalue weighted by molar-refractivity contribution is 6.29. The molecule has 6 heteroatoms. The van der Waals surface area contributed by atoms with Crippen LogP contribution in [0.3, 0.4) is 0 Å². The number of nitrogens with zero attached hydrogens (tertiary/aromatic N) is 1. The van der Waals surface area contributed by atoms with Gasteiger partial charge in [0.05, 0.1) is 0 Å². The lowest BCUT2D eigenvalue weighted by Crippen LogP contribution is -2.25. The van der Waals surface area contributed by atoms with Crippen LogP contribution < -0.4 is 11.1 Å². The third-order valence-electron chi connectivity index (χ3n) is 2.55. The molecular formula is C13H18ClN3O2. The lowest BCUT2D eigenvalue weighted by molar-refractivity contribution is -0.118. The smallest absolute Gasteiger partial charge is 0.251 e. The number of rotatable bonds is 6. The molecule has 0 aliphatic heterocycles. The molecule has 1 rings (SSSR count). The number of nitrogens with one attached hydrogen (secondary N) is 1. The van der Waals surface area contributed by atoms with Gasteiger partial charge in [0.2, 0.25) is 5.91 Å². The van der Waals surface area contributed by atoms with Crippen LogP contribution in [0.4, 0.5) is 0 Å². The number of aromatic nitrogens is 1. The molecule has 1 heterocycles. The quantitative estimate of drug-likeness (QED) is 0.617. The van der Waals surface area contributed by atoms with Crippen LogP contribution in [0, 0.1) is 0 Å². The highest BCUT2D eigenvalue weighted by Crippen LogP contribution is 2.17. The van der Waals surface area contributed by atoms with E-state index in [9.17, 15) is 9.59 Å². The molecule has 0 aliphatic carbocycles. The van der Waals surface area contributed by atoms with Crippen molar-refractivity contribution in [3.05, 3.63) is 28.5 Å². The maximum absolute atomic E-state index is 11.9. The van der Waals surface area contributed by atoms with Gasteiger partial charge < -0.3 is 11.1 Å². The topological polar surface area (TPSA) is 85.1 Å². The number of carbonyl (C=O) groups is 2.